The number of nitrogens with one attached hydrogen (secondary N) is 1. The molecule has 1 fully saturated rings. The molecule has 0 aliphatic heterocycles. The molecule has 0 unspecified atom stereocenters. The molecule has 0 heterocycles. The molecule has 0 saturated heterocycles. The van der Waals surface area contributed by atoms with Gasteiger partial charge in [0.2, 0.25) is 0 Å². The van der Waals surface area contributed by atoms with Gasteiger partial charge in [0.25, 0.3) is 5.91 Å². The summed E-state index contributed by atoms with van der Waals surface area (Å²) < 4.78 is 0. The average Bonchev–Trinajstić information content (AvgIpc) is 2.85. The molecule has 1 aromatic carbocycles. The molecule has 2 rings (SSSR count). The molecule has 1 aromatic rings. The maximum absolute atomic E-state index is 11.8. The highest BCUT2D eigenvalue weighted by Gasteiger charge is 2.16. The topological polar surface area (TPSA) is 69.6 Å². The van der Waals surface area contributed by atoms with E-state index in [1.54, 1.807) is 6.07 Å². The van der Waals surface area contributed by atoms with E-state index in [-0.39, 0.29) is 23.0 Å². The maximum Gasteiger partial charge on any atom is 0.255 e. The molecule has 0 spiro atoms. The van der Waals surface area contributed by atoms with Gasteiger partial charge in [-0.25, -0.2) is 0 Å². The molecule has 4 heteroatoms. The van der Waals surface area contributed by atoms with Crippen LogP contribution in [-0.4, -0.2) is 22.7 Å². The summed E-state index contributed by atoms with van der Waals surface area (Å²) in [5.41, 5.74) is 0.126. The maximum atomic E-state index is 11.8. The molecule has 18 heavy (non-hydrogen) atoms. The first-order chi connectivity index (χ1) is 8.68. The van der Waals surface area contributed by atoms with Crippen molar-refractivity contribution >= 4 is 5.91 Å². The van der Waals surface area contributed by atoms with Gasteiger partial charge >= 0.3 is 0 Å². The summed E-state index contributed by atoms with van der Waals surface area (Å²) in [5.74, 6) is -0.223. The predicted octanol–water partition coefficient (Wildman–Crippen LogP) is 2.41. The predicted molar refractivity (Wildman–Crippen MR) is 68.7 cm³/mol. The van der Waals surface area contributed by atoms with E-state index in [4.69, 9.17) is 0 Å². The average molecular weight is 249 g/mol. The van der Waals surface area contributed by atoms with Crippen LogP contribution in [0.15, 0.2) is 18.2 Å². The summed E-state index contributed by atoms with van der Waals surface area (Å²) in [6.45, 7) is 0.624. The van der Waals surface area contributed by atoms with Crippen molar-refractivity contribution in [2.75, 3.05) is 6.54 Å². The van der Waals surface area contributed by atoms with Crippen LogP contribution in [0.1, 0.15) is 42.5 Å². The third-order valence-electron chi connectivity index (χ3n) is 3.57. The molecule has 1 aliphatic carbocycles. The highest BCUT2D eigenvalue weighted by molar-refractivity contribution is 5.97. The van der Waals surface area contributed by atoms with Crippen LogP contribution in [0, 0.1) is 5.92 Å². The first-order valence-electron chi connectivity index (χ1n) is 6.47. The summed E-state index contributed by atoms with van der Waals surface area (Å²) in [5, 5.41) is 21.7. The lowest BCUT2D eigenvalue weighted by atomic mass is 10.0. The lowest BCUT2D eigenvalue weighted by Crippen LogP contribution is -2.25. The number of phenolic OH excluding ortho intramolecular Hbond substituents is 2. The molecule has 0 bridgehead atoms. The van der Waals surface area contributed by atoms with E-state index in [1.807, 2.05) is 0 Å². The van der Waals surface area contributed by atoms with E-state index in [9.17, 15) is 15.0 Å². The third-order valence-corrected chi connectivity index (χ3v) is 3.57. The Morgan fingerprint density at radius 1 is 1.28 bits per heavy atom. The number of carbonyl (C=O) groups is 1. The Morgan fingerprint density at radius 3 is 2.72 bits per heavy atom. The Kier molecular flexibility index (Phi) is 4.07. The zero-order valence-electron chi connectivity index (χ0n) is 10.4. The van der Waals surface area contributed by atoms with Gasteiger partial charge in [-0.05, 0) is 24.5 Å². The zero-order chi connectivity index (χ0) is 13.0. The third kappa shape index (κ3) is 2.94. The van der Waals surface area contributed by atoms with Crippen LogP contribution in [-0.2, 0) is 0 Å². The fourth-order valence-corrected chi connectivity index (χ4v) is 2.50. The second-order valence-corrected chi connectivity index (χ2v) is 4.87. The number of phenols is 2. The number of rotatable bonds is 4. The second-order valence-electron chi connectivity index (χ2n) is 4.87. The second kappa shape index (κ2) is 5.76. The monoisotopic (exact) mass is 249 g/mol. The number of hydrogen-bond donors (Lipinski definition) is 3. The van der Waals surface area contributed by atoms with Gasteiger partial charge in [0.05, 0.1) is 5.56 Å². The molecule has 0 atom stereocenters. The molecule has 0 radical (unpaired) electrons. The minimum absolute atomic E-state index is 0.126. The molecule has 1 saturated carbocycles. The van der Waals surface area contributed by atoms with Gasteiger partial charge in [-0.15, -0.1) is 0 Å². The largest absolute Gasteiger partial charge is 0.504 e. The molecule has 98 valence electrons. The van der Waals surface area contributed by atoms with Crippen LogP contribution >= 0.6 is 0 Å². The smallest absolute Gasteiger partial charge is 0.255 e. The molecular formula is C14H19NO3. The lowest BCUT2D eigenvalue weighted by Gasteiger charge is -2.10. The molecule has 4 nitrogen and oxygen atoms in total. The quantitative estimate of drug-likeness (QED) is 0.718. The minimum Gasteiger partial charge on any atom is -0.504 e. The molecular weight excluding hydrogens is 230 g/mol. The fourth-order valence-electron chi connectivity index (χ4n) is 2.50. The summed E-state index contributed by atoms with van der Waals surface area (Å²) in [4.78, 5) is 11.8. The lowest BCUT2D eigenvalue weighted by molar-refractivity contribution is 0.0948. The first kappa shape index (κ1) is 12.7. The van der Waals surface area contributed by atoms with Crippen LogP contribution in [0.3, 0.4) is 0 Å². The molecule has 1 amide bonds. The van der Waals surface area contributed by atoms with Crippen LogP contribution in [0.25, 0.3) is 0 Å². The number of carbonyl (C=O) groups excluding carboxylic acids is 1. The Labute approximate surface area is 107 Å². The van der Waals surface area contributed by atoms with Crippen molar-refractivity contribution in [2.24, 2.45) is 5.92 Å². The Balaban J connectivity index is 1.85. The number of para-hydroxylation sites is 1. The Morgan fingerprint density at radius 2 is 2.00 bits per heavy atom. The van der Waals surface area contributed by atoms with Gasteiger partial charge < -0.3 is 15.5 Å². The van der Waals surface area contributed by atoms with Crippen molar-refractivity contribution < 1.29 is 15.0 Å². The van der Waals surface area contributed by atoms with E-state index in [0.29, 0.717) is 6.54 Å². The van der Waals surface area contributed by atoms with Crippen LogP contribution in [0.2, 0.25) is 0 Å². The van der Waals surface area contributed by atoms with E-state index >= 15 is 0 Å². The first-order valence-corrected chi connectivity index (χ1v) is 6.47. The summed E-state index contributed by atoms with van der Waals surface area (Å²) in [6.07, 6.45) is 6.10. The SMILES string of the molecule is O=C(NCCC1CCCC1)c1cccc(O)c1O. The van der Waals surface area contributed by atoms with Gasteiger partial charge in [-0.1, -0.05) is 31.7 Å². The van der Waals surface area contributed by atoms with Gasteiger partial charge in [-0.2, -0.15) is 0 Å². The Hall–Kier alpha value is -1.71. The number of benzene rings is 1. The van der Waals surface area contributed by atoms with Crippen LogP contribution in [0.4, 0.5) is 0 Å². The van der Waals surface area contributed by atoms with E-state index in [1.165, 1.54) is 37.8 Å². The van der Waals surface area contributed by atoms with Crippen molar-refractivity contribution in [1.82, 2.24) is 5.32 Å². The fraction of sp³-hybridized carbons (Fsp3) is 0.500. The number of amides is 1. The number of hydrogen-bond acceptors (Lipinski definition) is 3. The van der Waals surface area contributed by atoms with Crippen molar-refractivity contribution in [3.05, 3.63) is 23.8 Å². The van der Waals surface area contributed by atoms with E-state index in [2.05, 4.69) is 5.32 Å². The normalized spacial score (nSPS) is 15.8. The van der Waals surface area contributed by atoms with Crippen molar-refractivity contribution in [3.63, 3.8) is 0 Å². The summed E-state index contributed by atoms with van der Waals surface area (Å²) in [6, 6.07) is 4.39. The van der Waals surface area contributed by atoms with Crippen LogP contribution in [0.5, 0.6) is 11.5 Å². The highest BCUT2D eigenvalue weighted by atomic mass is 16.3. The Bertz CT molecular complexity index is 425. The zero-order valence-corrected chi connectivity index (χ0v) is 10.4. The van der Waals surface area contributed by atoms with Crippen molar-refractivity contribution in [1.29, 1.82) is 0 Å². The number of aromatic hydroxyl groups is 2. The van der Waals surface area contributed by atoms with Gasteiger partial charge in [-0.3, -0.25) is 4.79 Å². The molecule has 3 N–H and O–H groups in total. The van der Waals surface area contributed by atoms with Crippen LogP contribution < -0.4 is 5.32 Å². The van der Waals surface area contributed by atoms with Gasteiger partial charge in [0.15, 0.2) is 11.5 Å². The highest BCUT2D eigenvalue weighted by Crippen LogP contribution is 2.29. The minimum atomic E-state index is -0.351. The summed E-state index contributed by atoms with van der Waals surface area (Å²) in [7, 11) is 0. The van der Waals surface area contributed by atoms with Gasteiger partial charge in [0.1, 0.15) is 0 Å². The summed E-state index contributed by atoms with van der Waals surface area (Å²) >= 11 is 0. The van der Waals surface area contributed by atoms with Crippen molar-refractivity contribution in [3.8, 4) is 11.5 Å². The van der Waals surface area contributed by atoms with E-state index < -0.39 is 0 Å². The molecule has 0 aromatic heterocycles. The standard InChI is InChI=1S/C14H19NO3/c16-12-7-3-6-11(13(12)17)14(18)15-9-8-10-4-1-2-5-10/h3,6-7,10,16-17H,1-2,4-5,8-9H2,(H,15,18). The van der Waals surface area contributed by atoms with E-state index in [0.717, 1.165) is 12.3 Å². The van der Waals surface area contributed by atoms with Crippen molar-refractivity contribution in [2.45, 2.75) is 32.1 Å². The molecule has 1 aliphatic rings. The van der Waals surface area contributed by atoms with Gasteiger partial charge in [0, 0.05) is 6.54 Å².